The van der Waals surface area contributed by atoms with Crippen molar-refractivity contribution in [3.8, 4) is 12.5 Å². The summed E-state index contributed by atoms with van der Waals surface area (Å²) >= 11 is 0. The minimum Gasteiger partial charge on any atom is -0.441 e. The van der Waals surface area contributed by atoms with Crippen LogP contribution in [-0.4, -0.2) is 42.6 Å². The summed E-state index contributed by atoms with van der Waals surface area (Å²) in [6.07, 6.45) is 6.70. The third kappa shape index (κ3) is 7.68. The average molecular weight is 301 g/mol. The Morgan fingerprint density at radius 1 is 1.35 bits per heavy atom. The van der Waals surface area contributed by atoms with Crippen LogP contribution in [0.5, 0.6) is 0 Å². The van der Waals surface area contributed by atoms with E-state index in [1.807, 2.05) is 0 Å². The van der Waals surface area contributed by atoms with E-state index in [1.165, 1.54) is 0 Å². The minimum atomic E-state index is -1.31. The van der Waals surface area contributed by atoms with Crippen LogP contribution in [0.25, 0.3) is 4.85 Å². The van der Waals surface area contributed by atoms with Gasteiger partial charge in [0.25, 0.3) is 8.53 Å². The third-order valence-corrected chi connectivity index (χ3v) is 4.33. The Labute approximate surface area is 125 Å². The van der Waals surface area contributed by atoms with Gasteiger partial charge < -0.3 is 18.6 Å². The first-order valence-electron chi connectivity index (χ1n) is 7.26. The van der Waals surface area contributed by atoms with Gasteiger partial charge in [0, 0.05) is 13.5 Å². The van der Waals surface area contributed by atoms with E-state index >= 15 is 0 Å². The maximum atomic E-state index is 7.36. The summed E-state index contributed by atoms with van der Waals surface area (Å²) < 4.78 is 26.0. The topological polar surface area (TPSA) is 35.3 Å². The Bertz CT molecular complexity index is 347. The number of hydrogen-bond donors (Lipinski definition) is 0. The summed E-state index contributed by atoms with van der Waals surface area (Å²) in [5.74, 6) is 0. The van der Waals surface area contributed by atoms with Crippen molar-refractivity contribution in [1.82, 2.24) is 4.67 Å². The molecule has 0 aliphatic rings. The van der Waals surface area contributed by atoms with E-state index in [4.69, 9.17) is 28.2 Å². The highest BCUT2D eigenvalue weighted by Gasteiger charge is 2.27. The Kier molecular flexibility index (Phi) is 9.37. The van der Waals surface area contributed by atoms with Crippen molar-refractivity contribution < 1.29 is 15.2 Å². The standard InChI is InChI=1S/C14H25N2O3P/c1-8-17-14(6)11-19-20(18-10-9-15-7)16(12(2)3)13(4)5/h1,12-14H,9-11H2,2-6H3/i6D. The van der Waals surface area contributed by atoms with Gasteiger partial charge in [-0.3, -0.25) is 0 Å². The fourth-order valence-electron chi connectivity index (χ4n) is 1.59. The lowest BCUT2D eigenvalue weighted by atomic mass is 10.3. The van der Waals surface area contributed by atoms with Gasteiger partial charge in [0.05, 0.1) is 6.61 Å². The maximum Gasteiger partial charge on any atom is 0.259 e. The molecule has 0 heterocycles. The number of terminal acetylenes is 1. The van der Waals surface area contributed by atoms with E-state index in [2.05, 4.69) is 43.3 Å². The summed E-state index contributed by atoms with van der Waals surface area (Å²) in [5.41, 5.74) is 0. The first-order chi connectivity index (χ1) is 9.97. The Morgan fingerprint density at radius 3 is 2.45 bits per heavy atom. The van der Waals surface area contributed by atoms with E-state index in [0.717, 1.165) is 0 Å². The molecule has 0 aromatic rings. The lowest BCUT2D eigenvalue weighted by Crippen LogP contribution is -2.34. The van der Waals surface area contributed by atoms with Gasteiger partial charge in [-0.15, -0.1) is 0 Å². The quantitative estimate of drug-likeness (QED) is 0.268. The smallest absolute Gasteiger partial charge is 0.259 e. The molecule has 2 atom stereocenters. The molecule has 0 aliphatic heterocycles. The average Bonchev–Trinajstić information content (AvgIpc) is 2.42. The van der Waals surface area contributed by atoms with Crippen LogP contribution in [0, 0.1) is 19.1 Å². The van der Waals surface area contributed by atoms with Crippen molar-refractivity contribution in [3.63, 3.8) is 0 Å². The van der Waals surface area contributed by atoms with Gasteiger partial charge in [0.2, 0.25) is 6.54 Å². The maximum absolute atomic E-state index is 7.36. The van der Waals surface area contributed by atoms with Gasteiger partial charge in [0.1, 0.15) is 18.8 Å². The predicted octanol–water partition coefficient (Wildman–Crippen LogP) is 3.28. The van der Waals surface area contributed by atoms with Crippen LogP contribution in [0.2, 0.25) is 0 Å². The summed E-state index contributed by atoms with van der Waals surface area (Å²) in [7, 11) is -1.31. The van der Waals surface area contributed by atoms with E-state index < -0.39 is 14.6 Å². The SMILES string of the molecule is [2H]CC(COP(OCC[N+]#[C-])N(C(C)C)C(C)C)OC#C. The van der Waals surface area contributed by atoms with Gasteiger partial charge in [-0.1, -0.05) is 6.42 Å². The Hall–Kier alpha value is -0.840. The van der Waals surface area contributed by atoms with E-state index in [-0.39, 0.29) is 25.6 Å². The Morgan fingerprint density at radius 2 is 2.00 bits per heavy atom. The van der Waals surface area contributed by atoms with Crippen LogP contribution >= 0.6 is 8.53 Å². The summed E-state index contributed by atoms with van der Waals surface area (Å²) in [6, 6.07) is 0.485. The molecule has 0 spiro atoms. The van der Waals surface area contributed by atoms with Gasteiger partial charge in [0.15, 0.2) is 0 Å². The number of rotatable bonds is 10. The monoisotopic (exact) mass is 301 g/mol. The molecule has 0 N–H and O–H groups in total. The van der Waals surface area contributed by atoms with Gasteiger partial charge in [-0.05, 0) is 34.6 Å². The van der Waals surface area contributed by atoms with Crippen LogP contribution in [0.1, 0.15) is 36.0 Å². The van der Waals surface area contributed by atoms with E-state index in [0.29, 0.717) is 13.2 Å². The summed E-state index contributed by atoms with van der Waals surface area (Å²) in [5, 5.41) is 0. The van der Waals surface area contributed by atoms with Gasteiger partial charge in [-0.2, -0.15) is 0 Å². The zero-order valence-electron chi connectivity index (χ0n) is 13.7. The molecule has 0 rings (SSSR count). The molecule has 20 heavy (non-hydrogen) atoms. The molecule has 0 aliphatic carbocycles. The second-order valence-electron chi connectivity index (χ2n) is 4.67. The molecule has 2 unspecified atom stereocenters. The second-order valence-corrected chi connectivity index (χ2v) is 6.13. The van der Waals surface area contributed by atoms with Crippen molar-refractivity contribution in [2.45, 2.75) is 52.8 Å². The number of ether oxygens (including phenoxy) is 1. The fourth-order valence-corrected chi connectivity index (χ4v) is 3.21. The predicted molar refractivity (Wildman–Crippen MR) is 81.8 cm³/mol. The highest BCUT2D eigenvalue weighted by atomic mass is 31.2. The van der Waals surface area contributed by atoms with Crippen LogP contribution in [0.4, 0.5) is 0 Å². The zero-order chi connectivity index (χ0) is 16.3. The zero-order valence-corrected chi connectivity index (χ0v) is 13.6. The molecule has 0 saturated carbocycles. The van der Waals surface area contributed by atoms with Crippen LogP contribution in [-0.2, 0) is 13.8 Å². The van der Waals surface area contributed by atoms with Gasteiger partial charge >= 0.3 is 0 Å². The first kappa shape index (κ1) is 17.2. The lowest BCUT2D eigenvalue weighted by molar-refractivity contribution is 0.0979. The molecule has 0 radical (unpaired) electrons. The molecular weight excluding hydrogens is 275 g/mol. The number of hydrogen-bond acceptors (Lipinski definition) is 4. The fraction of sp³-hybridized carbons (Fsp3) is 0.786. The molecule has 6 heteroatoms. The highest BCUT2D eigenvalue weighted by molar-refractivity contribution is 7.44. The van der Waals surface area contributed by atoms with Crippen molar-refractivity contribution in [2.75, 3.05) is 19.8 Å². The molecule has 0 aromatic carbocycles. The van der Waals surface area contributed by atoms with Crippen molar-refractivity contribution >= 4 is 8.53 Å². The van der Waals surface area contributed by atoms with E-state index in [1.54, 1.807) is 0 Å². The normalized spacial score (nSPS) is 14.8. The molecular formula is C14H25N2O3P. The minimum absolute atomic E-state index is 0.0266. The van der Waals surface area contributed by atoms with Crippen LogP contribution < -0.4 is 0 Å². The van der Waals surface area contributed by atoms with Crippen molar-refractivity contribution in [2.24, 2.45) is 0 Å². The first-order valence-corrected chi connectivity index (χ1v) is 7.68. The Balaban J connectivity index is 4.71. The molecule has 0 amide bonds. The third-order valence-electron chi connectivity index (χ3n) is 2.26. The molecule has 0 aromatic heterocycles. The molecule has 114 valence electrons. The highest BCUT2D eigenvalue weighted by Crippen LogP contribution is 2.45. The molecule has 0 bridgehead atoms. The van der Waals surface area contributed by atoms with E-state index in [9.17, 15) is 0 Å². The molecule has 0 saturated heterocycles. The summed E-state index contributed by atoms with van der Waals surface area (Å²) in [4.78, 5) is 3.28. The lowest BCUT2D eigenvalue weighted by Gasteiger charge is -2.35. The summed E-state index contributed by atoms with van der Waals surface area (Å²) in [6.45, 7) is 15.9. The van der Waals surface area contributed by atoms with Crippen molar-refractivity contribution in [1.29, 1.82) is 0 Å². The van der Waals surface area contributed by atoms with Crippen LogP contribution in [0.3, 0.4) is 0 Å². The van der Waals surface area contributed by atoms with Gasteiger partial charge in [-0.25, -0.2) is 11.2 Å². The van der Waals surface area contributed by atoms with Crippen molar-refractivity contribution in [3.05, 3.63) is 11.4 Å². The molecule has 0 fully saturated rings. The number of nitrogens with zero attached hydrogens (tertiary/aromatic N) is 2. The largest absolute Gasteiger partial charge is 0.441 e. The molecule has 5 nitrogen and oxygen atoms in total. The van der Waals surface area contributed by atoms with Crippen LogP contribution in [0.15, 0.2) is 0 Å². The second kappa shape index (κ2) is 10.9.